The van der Waals surface area contributed by atoms with E-state index in [9.17, 15) is 0 Å². The van der Waals surface area contributed by atoms with E-state index >= 15 is 0 Å². The van der Waals surface area contributed by atoms with Gasteiger partial charge in [0, 0.05) is 5.02 Å². The van der Waals surface area contributed by atoms with Gasteiger partial charge in [-0.1, -0.05) is 90.0 Å². The molecule has 0 spiro atoms. The number of benzene rings is 3. The van der Waals surface area contributed by atoms with E-state index in [1.165, 1.54) is 22.3 Å². The van der Waals surface area contributed by atoms with E-state index in [4.69, 9.17) is 11.6 Å². The maximum absolute atomic E-state index is 5.93. The Hall–Kier alpha value is -2.31. The standard InChI is InChI=1S/C21H17Cl/c1-16-7-14-21(18-5-3-2-4-6-18)19(15-16)11-8-17-9-12-20(22)13-10-17/h2-15H,1H3/b11-8+. The van der Waals surface area contributed by atoms with Crippen LogP contribution in [0.5, 0.6) is 0 Å². The maximum atomic E-state index is 5.93. The van der Waals surface area contributed by atoms with Crippen molar-refractivity contribution >= 4 is 23.8 Å². The van der Waals surface area contributed by atoms with E-state index in [0.717, 1.165) is 10.6 Å². The summed E-state index contributed by atoms with van der Waals surface area (Å²) < 4.78 is 0. The fraction of sp³-hybridized carbons (Fsp3) is 0.0476. The van der Waals surface area contributed by atoms with E-state index in [1.54, 1.807) is 0 Å². The van der Waals surface area contributed by atoms with E-state index in [2.05, 4.69) is 61.5 Å². The zero-order chi connectivity index (χ0) is 15.4. The highest BCUT2D eigenvalue weighted by Crippen LogP contribution is 2.26. The third-order valence-electron chi connectivity index (χ3n) is 3.62. The van der Waals surface area contributed by atoms with Crippen LogP contribution in [-0.2, 0) is 0 Å². The van der Waals surface area contributed by atoms with Crippen molar-refractivity contribution < 1.29 is 0 Å². The molecule has 0 N–H and O–H groups in total. The lowest BCUT2D eigenvalue weighted by Gasteiger charge is -2.08. The predicted octanol–water partition coefficient (Wildman–Crippen LogP) is 6.49. The molecule has 0 bridgehead atoms. The first-order chi connectivity index (χ1) is 10.7. The second-order valence-corrected chi connectivity index (χ2v) is 5.78. The van der Waals surface area contributed by atoms with Crippen LogP contribution < -0.4 is 0 Å². The molecule has 0 nitrogen and oxygen atoms in total. The van der Waals surface area contributed by atoms with Crippen molar-refractivity contribution in [3.8, 4) is 11.1 Å². The lowest BCUT2D eigenvalue weighted by molar-refractivity contribution is 1.45. The Kier molecular flexibility index (Phi) is 4.41. The molecule has 0 aliphatic heterocycles. The molecule has 3 aromatic carbocycles. The predicted molar refractivity (Wildman–Crippen MR) is 97.0 cm³/mol. The Morgan fingerprint density at radius 3 is 2.23 bits per heavy atom. The molecule has 3 rings (SSSR count). The summed E-state index contributed by atoms with van der Waals surface area (Å²) in [5, 5.41) is 0.762. The molecule has 3 aromatic rings. The lowest BCUT2D eigenvalue weighted by atomic mass is 9.97. The van der Waals surface area contributed by atoms with Gasteiger partial charge in [-0.2, -0.15) is 0 Å². The van der Waals surface area contributed by atoms with Gasteiger partial charge in [-0.05, 0) is 41.3 Å². The van der Waals surface area contributed by atoms with Gasteiger partial charge in [0.2, 0.25) is 0 Å². The zero-order valence-electron chi connectivity index (χ0n) is 12.5. The van der Waals surface area contributed by atoms with Crippen LogP contribution in [0.4, 0.5) is 0 Å². The van der Waals surface area contributed by atoms with Gasteiger partial charge in [-0.25, -0.2) is 0 Å². The van der Waals surface area contributed by atoms with Crippen LogP contribution in [0.1, 0.15) is 16.7 Å². The monoisotopic (exact) mass is 304 g/mol. The number of hydrogen-bond donors (Lipinski definition) is 0. The highest BCUT2D eigenvalue weighted by Gasteiger charge is 2.02. The van der Waals surface area contributed by atoms with Crippen molar-refractivity contribution in [3.05, 3.63) is 94.5 Å². The Morgan fingerprint density at radius 1 is 0.773 bits per heavy atom. The quantitative estimate of drug-likeness (QED) is 0.485. The Labute approximate surface area is 136 Å². The molecule has 0 saturated heterocycles. The Bertz CT molecular complexity index is 784. The van der Waals surface area contributed by atoms with Crippen LogP contribution in [0.2, 0.25) is 5.02 Å². The van der Waals surface area contributed by atoms with Crippen molar-refractivity contribution in [1.82, 2.24) is 0 Å². The molecule has 0 aromatic heterocycles. The number of aryl methyl sites for hydroxylation is 1. The summed E-state index contributed by atoms with van der Waals surface area (Å²) in [5.74, 6) is 0. The van der Waals surface area contributed by atoms with Crippen molar-refractivity contribution in [2.45, 2.75) is 6.92 Å². The van der Waals surface area contributed by atoms with E-state index in [-0.39, 0.29) is 0 Å². The molecule has 0 amide bonds. The molecule has 22 heavy (non-hydrogen) atoms. The minimum absolute atomic E-state index is 0.762. The summed E-state index contributed by atoms with van der Waals surface area (Å²) in [5.41, 5.74) is 6.11. The van der Waals surface area contributed by atoms with E-state index in [0.29, 0.717) is 0 Å². The smallest absolute Gasteiger partial charge is 0.0406 e. The van der Waals surface area contributed by atoms with Crippen molar-refractivity contribution in [2.75, 3.05) is 0 Å². The molecular weight excluding hydrogens is 288 g/mol. The normalized spacial score (nSPS) is 11.0. The fourth-order valence-electron chi connectivity index (χ4n) is 2.46. The van der Waals surface area contributed by atoms with E-state index in [1.807, 2.05) is 30.3 Å². The van der Waals surface area contributed by atoms with Gasteiger partial charge in [0.05, 0.1) is 0 Å². The topological polar surface area (TPSA) is 0 Å². The van der Waals surface area contributed by atoms with Gasteiger partial charge >= 0.3 is 0 Å². The summed E-state index contributed by atoms with van der Waals surface area (Å²) in [6.45, 7) is 2.12. The molecule has 0 saturated carbocycles. The molecule has 0 aliphatic rings. The van der Waals surface area contributed by atoms with Crippen LogP contribution >= 0.6 is 11.6 Å². The highest BCUT2D eigenvalue weighted by molar-refractivity contribution is 6.30. The van der Waals surface area contributed by atoms with Crippen LogP contribution in [-0.4, -0.2) is 0 Å². The van der Waals surface area contributed by atoms with E-state index < -0.39 is 0 Å². The van der Waals surface area contributed by atoms with Crippen LogP contribution in [0.15, 0.2) is 72.8 Å². The average molecular weight is 305 g/mol. The third-order valence-corrected chi connectivity index (χ3v) is 3.87. The number of halogens is 1. The first-order valence-electron chi connectivity index (χ1n) is 7.32. The summed E-state index contributed by atoms with van der Waals surface area (Å²) >= 11 is 5.93. The summed E-state index contributed by atoms with van der Waals surface area (Å²) in [6, 6.07) is 24.9. The molecule has 0 atom stereocenters. The summed E-state index contributed by atoms with van der Waals surface area (Å²) in [7, 11) is 0. The van der Waals surface area contributed by atoms with Crippen molar-refractivity contribution in [3.63, 3.8) is 0 Å². The third kappa shape index (κ3) is 3.47. The van der Waals surface area contributed by atoms with Crippen LogP contribution in [0.3, 0.4) is 0 Å². The van der Waals surface area contributed by atoms with Gasteiger partial charge < -0.3 is 0 Å². The SMILES string of the molecule is Cc1ccc(-c2ccccc2)c(/C=C/c2ccc(Cl)cc2)c1. The fourth-order valence-corrected chi connectivity index (χ4v) is 2.59. The average Bonchev–Trinajstić information content (AvgIpc) is 2.55. The summed E-state index contributed by atoms with van der Waals surface area (Å²) in [4.78, 5) is 0. The van der Waals surface area contributed by atoms with Gasteiger partial charge in [0.15, 0.2) is 0 Å². The molecular formula is C21H17Cl. The molecule has 0 radical (unpaired) electrons. The number of hydrogen-bond acceptors (Lipinski definition) is 0. The van der Waals surface area contributed by atoms with Crippen LogP contribution in [0, 0.1) is 6.92 Å². The van der Waals surface area contributed by atoms with Gasteiger partial charge in [-0.15, -0.1) is 0 Å². The maximum Gasteiger partial charge on any atom is 0.0406 e. The highest BCUT2D eigenvalue weighted by atomic mass is 35.5. The molecule has 0 aliphatic carbocycles. The molecule has 1 heteroatoms. The van der Waals surface area contributed by atoms with Gasteiger partial charge in [-0.3, -0.25) is 0 Å². The van der Waals surface area contributed by atoms with Gasteiger partial charge in [0.1, 0.15) is 0 Å². The minimum Gasteiger partial charge on any atom is -0.0843 e. The Morgan fingerprint density at radius 2 is 1.50 bits per heavy atom. The van der Waals surface area contributed by atoms with Gasteiger partial charge in [0.25, 0.3) is 0 Å². The largest absolute Gasteiger partial charge is 0.0843 e. The Balaban J connectivity index is 1.99. The second-order valence-electron chi connectivity index (χ2n) is 5.34. The first-order valence-corrected chi connectivity index (χ1v) is 7.70. The lowest BCUT2D eigenvalue weighted by Crippen LogP contribution is -1.85. The molecule has 108 valence electrons. The van der Waals surface area contributed by atoms with Crippen molar-refractivity contribution in [2.24, 2.45) is 0 Å². The molecule has 0 fully saturated rings. The van der Waals surface area contributed by atoms with Crippen LogP contribution in [0.25, 0.3) is 23.3 Å². The van der Waals surface area contributed by atoms with Crippen molar-refractivity contribution in [1.29, 1.82) is 0 Å². The second kappa shape index (κ2) is 6.64. The zero-order valence-corrected chi connectivity index (χ0v) is 13.2. The first kappa shape index (κ1) is 14.6. The molecule has 0 heterocycles. The minimum atomic E-state index is 0.762. The molecule has 0 unspecified atom stereocenters. The summed E-state index contributed by atoms with van der Waals surface area (Å²) in [6.07, 6.45) is 4.29. The number of rotatable bonds is 3.